The van der Waals surface area contributed by atoms with E-state index in [1.807, 2.05) is 37.8 Å². The first-order valence-electron chi connectivity index (χ1n) is 10.1. The predicted octanol–water partition coefficient (Wildman–Crippen LogP) is 6.89. The molecule has 0 saturated heterocycles. The first kappa shape index (κ1) is 25.4. The SMILES string of the molecule is CC(C)CC(C(=S)NC(C)(C)C)N(Cc1ccc(Cl)cc1)c1ccc(C(F)(F)F)cn1. The zero-order valence-electron chi connectivity index (χ0n) is 18.4. The van der Waals surface area contributed by atoms with Crippen LogP contribution in [0.5, 0.6) is 0 Å². The molecule has 0 radical (unpaired) electrons. The Balaban J connectivity index is 2.48. The number of anilines is 1. The minimum atomic E-state index is -4.44. The monoisotopic (exact) mass is 471 g/mol. The number of aromatic nitrogens is 1. The number of hydrogen-bond acceptors (Lipinski definition) is 3. The Morgan fingerprint density at radius 3 is 2.16 bits per heavy atom. The molecule has 1 unspecified atom stereocenters. The number of nitrogens with one attached hydrogen (secondary N) is 1. The standard InChI is InChI=1S/C23H29ClF3N3S/c1-15(2)12-19(21(31)29-22(3,4)5)30(14-16-6-9-18(24)10-7-16)20-11-8-17(13-28-20)23(25,26)27/h6-11,13,15,19H,12,14H2,1-5H3,(H,29,31). The number of rotatable bonds is 7. The van der Waals surface area contributed by atoms with Gasteiger partial charge in [-0.3, -0.25) is 0 Å². The van der Waals surface area contributed by atoms with Crippen molar-refractivity contribution in [1.82, 2.24) is 10.3 Å². The normalized spacial score (nSPS) is 13.2. The lowest BCUT2D eigenvalue weighted by Crippen LogP contribution is -2.52. The number of thiocarbonyl (C=S) groups is 1. The lowest BCUT2D eigenvalue weighted by Gasteiger charge is -2.37. The summed E-state index contributed by atoms with van der Waals surface area (Å²) in [6.45, 7) is 10.7. The average molecular weight is 472 g/mol. The van der Waals surface area contributed by atoms with Crippen LogP contribution in [0.25, 0.3) is 0 Å². The van der Waals surface area contributed by atoms with Gasteiger partial charge in [0.15, 0.2) is 0 Å². The van der Waals surface area contributed by atoms with Gasteiger partial charge in [-0.15, -0.1) is 0 Å². The highest BCUT2D eigenvalue weighted by molar-refractivity contribution is 7.80. The number of hydrogen-bond donors (Lipinski definition) is 1. The second kappa shape index (κ2) is 10.2. The zero-order chi connectivity index (χ0) is 23.4. The second-order valence-electron chi connectivity index (χ2n) is 9.04. The van der Waals surface area contributed by atoms with Crippen molar-refractivity contribution >= 4 is 34.6 Å². The summed E-state index contributed by atoms with van der Waals surface area (Å²) in [5, 5.41) is 3.98. The molecule has 0 spiro atoms. The molecule has 1 N–H and O–H groups in total. The highest BCUT2D eigenvalue weighted by atomic mass is 35.5. The molecule has 0 aliphatic heterocycles. The van der Waals surface area contributed by atoms with E-state index in [1.54, 1.807) is 12.1 Å². The summed E-state index contributed by atoms with van der Waals surface area (Å²) in [4.78, 5) is 6.76. The molecule has 170 valence electrons. The van der Waals surface area contributed by atoms with E-state index in [0.717, 1.165) is 24.2 Å². The fraction of sp³-hybridized carbons (Fsp3) is 0.478. The molecule has 8 heteroatoms. The van der Waals surface area contributed by atoms with Crippen molar-refractivity contribution in [3.63, 3.8) is 0 Å². The quantitative estimate of drug-likeness (QED) is 0.445. The second-order valence-corrected chi connectivity index (χ2v) is 9.92. The lowest BCUT2D eigenvalue weighted by molar-refractivity contribution is -0.137. The van der Waals surface area contributed by atoms with Crippen LogP contribution in [0, 0.1) is 5.92 Å². The first-order valence-corrected chi connectivity index (χ1v) is 10.9. The first-order chi connectivity index (χ1) is 14.3. The summed E-state index contributed by atoms with van der Waals surface area (Å²) in [5.74, 6) is 0.749. The summed E-state index contributed by atoms with van der Waals surface area (Å²) in [6.07, 6.45) is -2.85. The maximum atomic E-state index is 13.1. The largest absolute Gasteiger partial charge is 0.417 e. The van der Waals surface area contributed by atoms with E-state index in [2.05, 4.69) is 24.1 Å². The molecule has 0 aliphatic carbocycles. The average Bonchev–Trinajstić information content (AvgIpc) is 2.64. The third kappa shape index (κ3) is 7.96. The lowest BCUT2D eigenvalue weighted by atomic mass is 9.99. The predicted molar refractivity (Wildman–Crippen MR) is 126 cm³/mol. The van der Waals surface area contributed by atoms with Gasteiger partial charge in [0.05, 0.1) is 16.6 Å². The molecule has 2 aromatic rings. The van der Waals surface area contributed by atoms with Crippen molar-refractivity contribution in [3.05, 3.63) is 58.7 Å². The van der Waals surface area contributed by atoms with Crippen LogP contribution in [0.4, 0.5) is 19.0 Å². The van der Waals surface area contributed by atoms with Gasteiger partial charge in [0, 0.05) is 23.3 Å². The Kier molecular flexibility index (Phi) is 8.34. The molecule has 0 fully saturated rings. The summed E-state index contributed by atoms with van der Waals surface area (Å²) in [6, 6.07) is 9.60. The summed E-state index contributed by atoms with van der Waals surface area (Å²) < 4.78 is 39.2. The molecule has 1 atom stereocenters. The Labute approximate surface area is 193 Å². The summed E-state index contributed by atoms with van der Waals surface area (Å²) >= 11 is 11.8. The Morgan fingerprint density at radius 1 is 1.10 bits per heavy atom. The highest BCUT2D eigenvalue weighted by Crippen LogP contribution is 2.31. The van der Waals surface area contributed by atoms with E-state index in [0.29, 0.717) is 28.3 Å². The minimum Gasteiger partial charge on any atom is -0.373 e. The Bertz CT molecular complexity index is 860. The molecule has 1 aromatic heterocycles. The van der Waals surface area contributed by atoms with Crippen LogP contribution in [0.15, 0.2) is 42.6 Å². The van der Waals surface area contributed by atoms with Crippen LogP contribution < -0.4 is 10.2 Å². The smallest absolute Gasteiger partial charge is 0.373 e. The van der Waals surface area contributed by atoms with Crippen molar-refractivity contribution in [2.75, 3.05) is 4.90 Å². The number of alkyl halides is 3. The topological polar surface area (TPSA) is 28.2 Å². The van der Waals surface area contributed by atoms with Gasteiger partial charge >= 0.3 is 6.18 Å². The van der Waals surface area contributed by atoms with E-state index in [-0.39, 0.29) is 11.6 Å². The molecule has 3 nitrogen and oxygen atoms in total. The fourth-order valence-electron chi connectivity index (χ4n) is 3.14. The Morgan fingerprint density at radius 2 is 1.71 bits per heavy atom. The van der Waals surface area contributed by atoms with Crippen LogP contribution in [0.1, 0.15) is 52.2 Å². The van der Waals surface area contributed by atoms with Crippen molar-refractivity contribution < 1.29 is 13.2 Å². The van der Waals surface area contributed by atoms with Crippen LogP contribution in [0.2, 0.25) is 5.02 Å². The minimum absolute atomic E-state index is 0.242. The van der Waals surface area contributed by atoms with Crippen LogP contribution in [-0.2, 0) is 12.7 Å². The van der Waals surface area contributed by atoms with Gasteiger partial charge in [-0.2, -0.15) is 13.2 Å². The van der Waals surface area contributed by atoms with Crippen LogP contribution in [0.3, 0.4) is 0 Å². The highest BCUT2D eigenvalue weighted by Gasteiger charge is 2.32. The molecule has 0 bridgehead atoms. The van der Waals surface area contributed by atoms with E-state index < -0.39 is 11.7 Å². The van der Waals surface area contributed by atoms with Gasteiger partial charge in [-0.1, -0.05) is 49.8 Å². The maximum Gasteiger partial charge on any atom is 0.417 e. The zero-order valence-corrected chi connectivity index (χ0v) is 20.0. The summed E-state index contributed by atoms with van der Waals surface area (Å²) in [5.41, 5.74) is -0.0665. The third-order valence-corrected chi connectivity index (χ3v) is 5.13. The molecule has 0 saturated carbocycles. The molecule has 1 heterocycles. The maximum absolute atomic E-state index is 13.1. The molecule has 0 aliphatic rings. The van der Waals surface area contributed by atoms with Crippen molar-refractivity contribution in [1.29, 1.82) is 0 Å². The van der Waals surface area contributed by atoms with Gasteiger partial charge in [0.2, 0.25) is 0 Å². The molecule has 0 amide bonds. The van der Waals surface area contributed by atoms with E-state index in [9.17, 15) is 13.2 Å². The van der Waals surface area contributed by atoms with Gasteiger partial charge in [0.1, 0.15) is 5.82 Å². The Hall–Kier alpha value is -1.86. The van der Waals surface area contributed by atoms with Gasteiger partial charge in [0.25, 0.3) is 0 Å². The number of pyridine rings is 1. The fourth-order valence-corrected chi connectivity index (χ4v) is 3.79. The molecular formula is C23H29ClF3N3S. The van der Waals surface area contributed by atoms with E-state index in [4.69, 9.17) is 23.8 Å². The van der Waals surface area contributed by atoms with Crippen LogP contribution in [-0.4, -0.2) is 21.6 Å². The van der Waals surface area contributed by atoms with Crippen molar-refractivity contribution in [3.8, 4) is 0 Å². The number of benzene rings is 1. The summed E-state index contributed by atoms with van der Waals surface area (Å²) in [7, 11) is 0. The van der Waals surface area contributed by atoms with Gasteiger partial charge in [-0.05, 0) is 62.9 Å². The van der Waals surface area contributed by atoms with Crippen molar-refractivity contribution in [2.24, 2.45) is 5.92 Å². The molecule has 2 rings (SSSR count). The van der Waals surface area contributed by atoms with E-state index >= 15 is 0 Å². The molecular weight excluding hydrogens is 443 g/mol. The van der Waals surface area contributed by atoms with Crippen molar-refractivity contribution in [2.45, 2.75) is 65.3 Å². The number of nitrogens with zero attached hydrogens (tertiary/aromatic N) is 2. The molecule has 31 heavy (non-hydrogen) atoms. The van der Waals surface area contributed by atoms with Gasteiger partial charge in [-0.25, -0.2) is 4.98 Å². The number of halogens is 4. The van der Waals surface area contributed by atoms with Crippen LogP contribution >= 0.6 is 23.8 Å². The van der Waals surface area contributed by atoms with Gasteiger partial charge < -0.3 is 10.2 Å². The molecule has 1 aromatic carbocycles. The van der Waals surface area contributed by atoms with E-state index in [1.165, 1.54) is 6.07 Å². The third-order valence-electron chi connectivity index (χ3n) is 4.51.